The normalized spacial score (nSPS) is 10.3. The molecule has 0 aliphatic carbocycles. The molecule has 0 atom stereocenters. The van der Waals surface area contributed by atoms with E-state index in [2.05, 4.69) is 22.9 Å². The summed E-state index contributed by atoms with van der Waals surface area (Å²) < 4.78 is 6.10. The fourth-order valence-corrected chi connectivity index (χ4v) is 2.14. The van der Waals surface area contributed by atoms with Crippen molar-refractivity contribution in [1.82, 2.24) is 4.90 Å². The number of carbonyl (C=O) groups excluding carboxylic acids is 1. The van der Waals surface area contributed by atoms with Crippen LogP contribution in [0.5, 0.6) is 5.75 Å². The van der Waals surface area contributed by atoms with Crippen LogP contribution >= 0.6 is 15.9 Å². The number of aliphatic hydroxyl groups is 1. The Morgan fingerprint density at radius 3 is 2.74 bits per heavy atom. The lowest BCUT2D eigenvalue weighted by atomic mass is 10.1. The summed E-state index contributed by atoms with van der Waals surface area (Å²) >= 11 is 3.35. The van der Waals surface area contributed by atoms with E-state index in [0.717, 1.165) is 17.3 Å². The van der Waals surface area contributed by atoms with Crippen molar-refractivity contribution in [1.29, 1.82) is 0 Å². The minimum absolute atomic E-state index is 0.0334. The molecule has 1 aromatic rings. The second-order valence-electron chi connectivity index (χ2n) is 4.21. The van der Waals surface area contributed by atoms with Crippen molar-refractivity contribution < 1.29 is 14.6 Å². The van der Waals surface area contributed by atoms with E-state index in [0.29, 0.717) is 24.4 Å². The highest BCUT2D eigenvalue weighted by Gasteiger charge is 2.18. The molecule has 5 heteroatoms. The molecule has 0 aliphatic rings. The van der Waals surface area contributed by atoms with Crippen molar-refractivity contribution in [3.8, 4) is 5.75 Å². The van der Waals surface area contributed by atoms with Gasteiger partial charge in [0.1, 0.15) is 5.75 Å². The van der Waals surface area contributed by atoms with E-state index in [9.17, 15) is 4.79 Å². The third-order valence-corrected chi connectivity index (χ3v) is 3.33. The lowest BCUT2D eigenvalue weighted by molar-refractivity contribution is 0.0716. The molecule has 0 saturated carbocycles. The van der Waals surface area contributed by atoms with Crippen molar-refractivity contribution in [3.63, 3.8) is 0 Å². The molecular weight excluding hydrogens is 310 g/mol. The molecule has 0 aromatic heterocycles. The number of amides is 1. The van der Waals surface area contributed by atoms with E-state index in [1.54, 1.807) is 24.1 Å². The SMILES string of the molecule is CCCCN(CCO)C(=O)c1ccc(Br)cc1OC. The maximum absolute atomic E-state index is 12.5. The summed E-state index contributed by atoms with van der Waals surface area (Å²) in [6, 6.07) is 5.32. The van der Waals surface area contributed by atoms with Crippen LogP contribution in [-0.2, 0) is 0 Å². The van der Waals surface area contributed by atoms with Crippen LogP contribution in [0.3, 0.4) is 0 Å². The number of methoxy groups -OCH3 is 1. The summed E-state index contributed by atoms with van der Waals surface area (Å²) in [4.78, 5) is 14.1. The van der Waals surface area contributed by atoms with E-state index in [4.69, 9.17) is 9.84 Å². The number of halogens is 1. The largest absolute Gasteiger partial charge is 0.496 e. The third-order valence-electron chi connectivity index (χ3n) is 2.83. The maximum Gasteiger partial charge on any atom is 0.257 e. The highest BCUT2D eigenvalue weighted by molar-refractivity contribution is 9.10. The molecule has 19 heavy (non-hydrogen) atoms. The van der Waals surface area contributed by atoms with E-state index in [1.165, 1.54) is 0 Å². The fourth-order valence-electron chi connectivity index (χ4n) is 1.80. The molecule has 0 aliphatic heterocycles. The predicted molar refractivity (Wildman–Crippen MR) is 78.6 cm³/mol. The van der Waals surface area contributed by atoms with Crippen LogP contribution in [0.1, 0.15) is 30.1 Å². The van der Waals surface area contributed by atoms with Gasteiger partial charge in [0.15, 0.2) is 0 Å². The molecule has 0 heterocycles. The third kappa shape index (κ3) is 4.51. The summed E-state index contributed by atoms with van der Waals surface area (Å²) in [7, 11) is 1.54. The Labute approximate surface area is 122 Å². The first-order valence-corrected chi connectivity index (χ1v) is 7.17. The molecule has 0 bridgehead atoms. The quantitative estimate of drug-likeness (QED) is 0.836. The van der Waals surface area contributed by atoms with Crippen LogP contribution in [0.25, 0.3) is 0 Å². The van der Waals surface area contributed by atoms with Crippen molar-refractivity contribution in [2.45, 2.75) is 19.8 Å². The minimum Gasteiger partial charge on any atom is -0.496 e. The molecule has 0 radical (unpaired) electrons. The highest BCUT2D eigenvalue weighted by atomic mass is 79.9. The first kappa shape index (κ1) is 16.0. The monoisotopic (exact) mass is 329 g/mol. The number of benzene rings is 1. The van der Waals surface area contributed by atoms with Gasteiger partial charge in [-0.3, -0.25) is 4.79 Å². The van der Waals surface area contributed by atoms with Crippen LogP contribution < -0.4 is 4.74 Å². The number of unbranched alkanes of at least 4 members (excludes halogenated alkanes) is 1. The van der Waals surface area contributed by atoms with Crippen molar-refractivity contribution in [2.24, 2.45) is 0 Å². The average Bonchev–Trinajstić information content (AvgIpc) is 2.42. The molecule has 4 nitrogen and oxygen atoms in total. The first-order chi connectivity index (χ1) is 9.13. The fraction of sp³-hybridized carbons (Fsp3) is 0.500. The van der Waals surface area contributed by atoms with Gasteiger partial charge in [0, 0.05) is 17.6 Å². The summed E-state index contributed by atoms with van der Waals surface area (Å²) in [5.74, 6) is 0.436. The number of carbonyl (C=O) groups is 1. The van der Waals surface area contributed by atoms with Gasteiger partial charge in [-0.05, 0) is 24.6 Å². The minimum atomic E-state index is -0.105. The van der Waals surface area contributed by atoms with Gasteiger partial charge in [0.25, 0.3) is 5.91 Å². The number of hydrogen-bond acceptors (Lipinski definition) is 3. The maximum atomic E-state index is 12.5. The highest BCUT2D eigenvalue weighted by Crippen LogP contribution is 2.24. The molecule has 106 valence electrons. The molecular formula is C14H20BrNO3. The van der Waals surface area contributed by atoms with Crippen LogP contribution in [0.15, 0.2) is 22.7 Å². The van der Waals surface area contributed by atoms with Crippen LogP contribution in [0.2, 0.25) is 0 Å². The molecule has 0 fully saturated rings. The topological polar surface area (TPSA) is 49.8 Å². The zero-order valence-corrected chi connectivity index (χ0v) is 12.9. The Balaban J connectivity index is 2.94. The smallest absolute Gasteiger partial charge is 0.257 e. The first-order valence-electron chi connectivity index (χ1n) is 6.37. The Morgan fingerprint density at radius 1 is 1.42 bits per heavy atom. The summed E-state index contributed by atoms with van der Waals surface area (Å²) in [6.45, 7) is 3.03. The number of ether oxygens (including phenoxy) is 1. The standard InChI is InChI=1S/C14H20BrNO3/c1-3-4-7-16(8-9-17)14(18)12-6-5-11(15)10-13(12)19-2/h5-6,10,17H,3-4,7-9H2,1-2H3. The van der Waals surface area contributed by atoms with Crippen molar-refractivity contribution in [3.05, 3.63) is 28.2 Å². The van der Waals surface area contributed by atoms with Crippen molar-refractivity contribution in [2.75, 3.05) is 26.8 Å². The lowest BCUT2D eigenvalue weighted by Crippen LogP contribution is -2.34. The number of aliphatic hydroxyl groups excluding tert-OH is 1. The molecule has 1 aromatic carbocycles. The van der Waals surface area contributed by atoms with Gasteiger partial charge in [-0.25, -0.2) is 0 Å². The Kier molecular flexibility index (Phi) is 6.87. The Bertz CT molecular complexity index is 423. The second kappa shape index (κ2) is 8.17. The number of hydrogen-bond donors (Lipinski definition) is 1. The molecule has 1 amide bonds. The van der Waals surface area contributed by atoms with Crippen LogP contribution in [0.4, 0.5) is 0 Å². The molecule has 0 saturated heterocycles. The summed E-state index contributed by atoms with van der Waals surface area (Å²) in [5.41, 5.74) is 0.523. The van der Waals surface area contributed by atoms with E-state index in [-0.39, 0.29) is 12.5 Å². The van der Waals surface area contributed by atoms with Crippen LogP contribution in [-0.4, -0.2) is 42.7 Å². The Morgan fingerprint density at radius 2 is 2.16 bits per heavy atom. The van der Waals surface area contributed by atoms with E-state index >= 15 is 0 Å². The second-order valence-corrected chi connectivity index (χ2v) is 5.13. The van der Waals surface area contributed by atoms with Crippen molar-refractivity contribution >= 4 is 21.8 Å². The van der Waals surface area contributed by atoms with Gasteiger partial charge in [-0.1, -0.05) is 29.3 Å². The van der Waals surface area contributed by atoms with Gasteiger partial charge < -0.3 is 14.7 Å². The summed E-state index contributed by atoms with van der Waals surface area (Å²) in [6.07, 6.45) is 1.93. The molecule has 0 spiro atoms. The number of nitrogens with zero attached hydrogens (tertiary/aromatic N) is 1. The predicted octanol–water partition coefficient (Wildman–Crippen LogP) is 2.69. The van der Waals surface area contributed by atoms with Gasteiger partial charge >= 0.3 is 0 Å². The zero-order chi connectivity index (χ0) is 14.3. The van der Waals surface area contributed by atoms with Crippen LogP contribution in [0, 0.1) is 0 Å². The van der Waals surface area contributed by atoms with Gasteiger partial charge in [0.05, 0.1) is 19.3 Å². The van der Waals surface area contributed by atoms with Gasteiger partial charge in [-0.15, -0.1) is 0 Å². The van der Waals surface area contributed by atoms with Gasteiger partial charge in [0.2, 0.25) is 0 Å². The Hall–Kier alpha value is -1.07. The lowest BCUT2D eigenvalue weighted by Gasteiger charge is -2.22. The molecule has 0 unspecified atom stereocenters. The van der Waals surface area contributed by atoms with Gasteiger partial charge in [-0.2, -0.15) is 0 Å². The average molecular weight is 330 g/mol. The van der Waals surface area contributed by atoms with E-state index in [1.807, 2.05) is 6.07 Å². The number of rotatable bonds is 7. The molecule has 1 rings (SSSR count). The molecule has 1 N–H and O–H groups in total. The zero-order valence-electron chi connectivity index (χ0n) is 11.4. The van der Waals surface area contributed by atoms with E-state index < -0.39 is 0 Å². The summed E-state index contributed by atoms with van der Waals surface area (Å²) in [5, 5.41) is 9.07.